The van der Waals surface area contributed by atoms with Crippen LogP contribution >= 0.6 is 0 Å². The second kappa shape index (κ2) is 4.55. The van der Waals surface area contributed by atoms with Gasteiger partial charge in [0.1, 0.15) is 5.82 Å². The molecule has 1 aliphatic rings. The van der Waals surface area contributed by atoms with E-state index in [4.69, 9.17) is 10.5 Å². The Labute approximate surface area is 87.7 Å². The van der Waals surface area contributed by atoms with E-state index in [1.165, 1.54) is 0 Å². The minimum atomic E-state index is -0.0334. The van der Waals surface area contributed by atoms with E-state index in [0.29, 0.717) is 38.4 Å². The first-order valence-electron chi connectivity index (χ1n) is 5.20. The topological polar surface area (TPSA) is 81.0 Å². The number of fused-ring (bicyclic) bond motifs is 1. The highest BCUT2D eigenvalue weighted by Gasteiger charge is 2.14. The van der Waals surface area contributed by atoms with Gasteiger partial charge in [-0.05, 0) is 6.54 Å². The molecule has 0 saturated heterocycles. The Bertz CT molecular complexity index is 400. The number of aromatic nitrogens is 2. The van der Waals surface area contributed by atoms with Crippen molar-refractivity contribution in [2.75, 3.05) is 19.8 Å². The van der Waals surface area contributed by atoms with Gasteiger partial charge in [-0.1, -0.05) is 0 Å². The van der Waals surface area contributed by atoms with Crippen molar-refractivity contribution >= 4 is 0 Å². The lowest BCUT2D eigenvalue weighted by Crippen LogP contribution is -2.21. The first-order chi connectivity index (χ1) is 7.31. The summed E-state index contributed by atoms with van der Waals surface area (Å²) in [4.78, 5) is 18.9. The number of hydrogen-bond donors (Lipinski definition) is 2. The lowest BCUT2D eigenvalue weighted by Gasteiger charge is -2.05. The molecule has 15 heavy (non-hydrogen) atoms. The van der Waals surface area contributed by atoms with Gasteiger partial charge in [0, 0.05) is 24.8 Å². The van der Waals surface area contributed by atoms with Gasteiger partial charge in [-0.2, -0.15) is 0 Å². The van der Waals surface area contributed by atoms with Gasteiger partial charge in [-0.25, -0.2) is 4.98 Å². The molecule has 5 heteroatoms. The average molecular weight is 209 g/mol. The van der Waals surface area contributed by atoms with Crippen molar-refractivity contribution < 1.29 is 4.74 Å². The third-order valence-electron chi connectivity index (χ3n) is 2.51. The second-order valence-electron chi connectivity index (χ2n) is 3.59. The van der Waals surface area contributed by atoms with Gasteiger partial charge in [0.15, 0.2) is 0 Å². The van der Waals surface area contributed by atoms with Gasteiger partial charge in [0.25, 0.3) is 5.56 Å². The van der Waals surface area contributed by atoms with Crippen LogP contribution in [0.25, 0.3) is 0 Å². The number of nitrogens with one attached hydrogen (secondary N) is 1. The molecule has 2 heterocycles. The Morgan fingerprint density at radius 2 is 2.20 bits per heavy atom. The fourth-order valence-electron chi connectivity index (χ4n) is 1.76. The van der Waals surface area contributed by atoms with E-state index in [-0.39, 0.29) is 5.56 Å². The van der Waals surface area contributed by atoms with E-state index in [9.17, 15) is 4.79 Å². The van der Waals surface area contributed by atoms with Gasteiger partial charge in [0.05, 0.1) is 18.9 Å². The molecule has 0 spiro atoms. The van der Waals surface area contributed by atoms with E-state index in [0.717, 1.165) is 17.7 Å². The monoisotopic (exact) mass is 209 g/mol. The SMILES string of the molecule is NCCc1nc2c(c(=O)[nH]1)CCOCC2. The van der Waals surface area contributed by atoms with Crippen LogP contribution in [0, 0.1) is 0 Å². The van der Waals surface area contributed by atoms with Crippen molar-refractivity contribution in [3.63, 3.8) is 0 Å². The summed E-state index contributed by atoms with van der Waals surface area (Å²) in [5.41, 5.74) is 7.04. The van der Waals surface area contributed by atoms with Crippen LogP contribution in [0.1, 0.15) is 17.1 Å². The molecular weight excluding hydrogens is 194 g/mol. The van der Waals surface area contributed by atoms with Gasteiger partial charge >= 0.3 is 0 Å². The first-order valence-corrected chi connectivity index (χ1v) is 5.20. The summed E-state index contributed by atoms with van der Waals surface area (Å²) >= 11 is 0. The van der Waals surface area contributed by atoms with Crippen LogP contribution < -0.4 is 11.3 Å². The lowest BCUT2D eigenvalue weighted by molar-refractivity contribution is 0.146. The molecule has 2 rings (SSSR count). The number of ether oxygens (including phenoxy) is 1. The molecule has 1 aromatic heterocycles. The second-order valence-corrected chi connectivity index (χ2v) is 3.59. The average Bonchev–Trinajstić information content (AvgIpc) is 2.43. The molecule has 0 fully saturated rings. The normalized spacial score (nSPS) is 15.8. The van der Waals surface area contributed by atoms with E-state index in [1.54, 1.807) is 0 Å². The first kappa shape index (κ1) is 10.3. The van der Waals surface area contributed by atoms with E-state index in [1.807, 2.05) is 0 Å². The van der Waals surface area contributed by atoms with Crippen molar-refractivity contribution in [1.82, 2.24) is 9.97 Å². The predicted octanol–water partition coefficient (Wildman–Crippen LogP) is -0.614. The van der Waals surface area contributed by atoms with Gasteiger partial charge in [-0.3, -0.25) is 4.79 Å². The summed E-state index contributed by atoms with van der Waals surface area (Å²) in [6.45, 7) is 1.75. The van der Waals surface area contributed by atoms with E-state index in [2.05, 4.69) is 9.97 Å². The van der Waals surface area contributed by atoms with Crippen molar-refractivity contribution in [2.45, 2.75) is 19.3 Å². The van der Waals surface area contributed by atoms with Crippen LogP contribution in [-0.2, 0) is 24.0 Å². The third kappa shape index (κ3) is 2.24. The summed E-state index contributed by atoms with van der Waals surface area (Å²) in [5, 5.41) is 0. The zero-order valence-corrected chi connectivity index (χ0v) is 8.58. The van der Waals surface area contributed by atoms with E-state index >= 15 is 0 Å². The van der Waals surface area contributed by atoms with Crippen LogP contribution in [0.4, 0.5) is 0 Å². The number of nitrogens with two attached hydrogens (primary N) is 1. The number of rotatable bonds is 2. The molecule has 1 aliphatic heterocycles. The highest BCUT2D eigenvalue weighted by molar-refractivity contribution is 5.19. The van der Waals surface area contributed by atoms with E-state index < -0.39 is 0 Å². The minimum absolute atomic E-state index is 0.0334. The molecule has 0 aromatic carbocycles. The molecule has 1 aromatic rings. The van der Waals surface area contributed by atoms with Crippen molar-refractivity contribution in [2.24, 2.45) is 5.73 Å². The Balaban J connectivity index is 2.39. The zero-order chi connectivity index (χ0) is 10.7. The number of aromatic amines is 1. The molecular formula is C10H15N3O2. The predicted molar refractivity (Wildman–Crippen MR) is 55.8 cm³/mol. The fourth-order valence-corrected chi connectivity index (χ4v) is 1.76. The summed E-state index contributed by atoms with van der Waals surface area (Å²) in [7, 11) is 0. The Hall–Kier alpha value is -1.20. The number of H-pyrrole nitrogens is 1. The molecule has 3 N–H and O–H groups in total. The zero-order valence-electron chi connectivity index (χ0n) is 8.58. The summed E-state index contributed by atoms with van der Waals surface area (Å²) in [5.74, 6) is 0.683. The van der Waals surface area contributed by atoms with Gasteiger partial charge < -0.3 is 15.5 Å². The smallest absolute Gasteiger partial charge is 0.254 e. The minimum Gasteiger partial charge on any atom is -0.381 e. The quantitative estimate of drug-likeness (QED) is 0.680. The molecule has 0 radical (unpaired) electrons. The number of hydrogen-bond acceptors (Lipinski definition) is 4. The maximum absolute atomic E-state index is 11.7. The maximum Gasteiger partial charge on any atom is 0.254 e. The van der Waals surface area contributed by atoms with Crippen LogP contribution in [0.15, 0.2) is 4.79 Å². The Morgan fingerprint density at radius 1 is 1.40 bits per heavy atom. The largest absolute Gasteiger partial charge is 0.381 e. The highest BCUT2D eigenvalue weighted by atomic mass is 16.5. The Kier molecular flexibility index (Phi) is 3.13. The van der Waals surface area contributed by atoms with Crippen LogP contribution in [-0.4, -0.2) is 29.7 Å². The molecule has 0 atom stereocenters. The van der Waals surface area contributed by atoms with Gasteiger partial charge in [0.2, 0.25) is 0 Å². The molecule has 0 saturated carbocycles. The maximum atomic E-state index is 11.7. The molecule has 0 unspecified atom stereocenters. The molecule has 0 bridgehead atoms. The third-order valence-corrected chi connectivity index (χ3v) is 2.51. The molecule has 82 valence electrons. The highest BCUT2D eigenvalue weighted by Crippen LogP contribution is 2.07. The van der Waals surface area contributed by atoms with Crippen molar-refractivity contribution in [3.05, 3.63) is 27.4 Å². The molecule has 0 amide bonds. The summed E-state index contributed by atoms with van der Waals surface area (Å²) < 4.78 is 5.31. The van der Waals surface area contributed by atoms with Crippen LogP contribution in [0.2, 0.25) is 0 Å². The number of nitrogens with zero attached hydrogens (tertiary/aromatic N) is 1. The lowest BCUT2D eigenvalue weighted by atomic mass is 10.1. The van der Waals surface area contributed by atoms with Gasteiger partial charge in [-0.15, -0.1) is 0 Å². The fraction of sp³-hybridized carbons (Fsp3) is 0.600. The van der Waals surface area contributed by atoms with Crippen molar-refractivity contribution in [3.8, 4) is 0 Å². The molecule has 0 aliphatic carbocycles. The summed E-state index contributed by atoms with van der Waals surface area (Å²) in [6, 6.07) is 0. The summed E-state index contributed by atoms with van der Waals surface area (Å²) in [6.07, 6.45) is 1.99. The van der Waals surface area contributed by atoms with Crippen molar-refractivity contribution in [1.29, 1.82) is 0 Å². The van der Waals surface area contributed by atoms with Crippen LogP contribution in [0.3, 0.4) is 0 Å². The Morgan fingerprint density at radius 3 is 3.00 bits per heavy atom. The molecule has 5 nitrogen and oxygen atoms in total. The van der Waals surface area contributed by atoms with Crippen LogP contribution in [0.5, 0.6) is 0 Å². The standard InChI is InChI=1S/C10H15N3O2/c11-4-1-9-12-8-3-6-15-5-2-7(8)10(14)13-9/h1-6,11H2,(H,12,13,14).